The van der Waals surface area contributed by atoms with Crippen molar-refractivity contribution >= 4 is 11.7 Å². The van der Waals surface area contributed by atoms with Gasteiger partial charge >= 0.3 is 12.6 Å². The maximum atomic E-state index is 13.2. The van der Waals surface area contributed by atoms with Gasteiger partial charge in [-0.3, -0.25) is 0 Å². The highest BCUT2D eigenvalue weighted by Gasteiger charge is 2.26. The molecule has 0 saturated carbocycles. The molecule has 1 saturated heterocycles. The minimum absolute atomic E-state index is 0.0000407. The van der Waals surface area contributed by atoms with Crippen molar-refractivity contribution in [1.82, 2.24) is 4.90 Å². The van der Waals surface area contributed by atoms with Crippen molar-refractivity contribution in [1.29, 1.82) is 0 Å². The molecule has 21 heavy (non-hydrogen) atoms. The number of benzene rings is 1. The Balaban J connectivity index is 2.07. The summed E-state index contributed by atoms with van der Waals surface area (Å²) in [7, 11) is 0. The molecule has 0 radical (unpaired) electrons. The Kier molecular flexibility index (Phi) is 4.89. The molecule has 0 aliphatic carbocycles. The number of alkyl halides is 2. The van der Waals surface area contributed by atoms with Crippen LogP contribution in [0, 0.1) is 11.7 Å². The molecule has 1 aromatic rings. The van der Waals surface area contributed by atoms with E-state index < -0.39 is 18.5 Å². The minimum Gasteiger partial charge on any atom is -0.433 e. The number of hydrogen-bond donors (Lipinski definition) is 2. The number of aliphatic hydroxyl groups excluding tert-OH is 1. The van der Waals surface area contributed by atoms with E-state index in [2.05, 4.69) is 10.1 Å². The lowest BCUT2D eigenvalue weighted by Crippen LogP contribution is -2.33. The first-order valence-corrected chi connectivity index (χ1v) is 6.40. The van der Waals surface area contributed by atoms with Crippen LogP contribution >= 0.6 is 0 Å². The molecule has 2 N–H and O–H groups in total. The number of anilines is 1. The number of urea groups is 1. The van der Waals surface area contributed by atoms with Gasteiger partial charge in [0.2, 0.25) is 0 Å². The second-order valence-electron chi connectivity index (χ2n) is 4.73. The number of halogens is 3. The van der Waals surface area contributed by atoms with Crippen LogP contribution in [0.1, 0.15) is 6.42 Å². The highest BCUT2D eigenvalue weighted by atomic mass is 19.3. The molecule has 1 fully saturated rings. The number of hydrogen-bond acceptors (Lipinski definition) is 3. The molecule has 2 amide bonds. The summed E-state index contributed by atoms with van der Waals surface area (Å²) in [4.78, 5) is 13.4. The molecule has 116 valence electrons. The fourth-order valence-corrected chi connectivity index (χ4v) is 2.16. The largest absolute Gasteiger partial charge is 0.433 e. The Morgan fingerprint density at radius 2 is 2.29 bits per heavy atom. The molecule has 0 aromatic heterocycles. The second-order valence-corrected chi connectivity index (χ2v) is 4.73. The maximum Gasteiger partial charge on any atom is 0.387 e. The quantitative estimate of drug-likeness (QED) is 0.897. The van der Waals surface area contributed by atoms with Crippen LogP contribution in [0.25, 0.3) is 0 Å². The summed E-state index contributed by atoms with van der Waals surface area (Å²) in [5, 5.41) is 11.4. The lowest BCUT2D eigenvalue weighted by molar-refractivity contribution is -0.0494. The molecule has 1 unspecified atom stereocenters. The summed E-state index contributed by atoms with van der Waals surface area (Å²) in [5.41, 5.74) is -0.159. The molecule has 2 rings (SSSR count). The Bertz CT molecular complexity index is 513. The molecule has 1 aliphatic rings. The zero-order chi connectivity index (χ0) is 15.4. The fourth-order valence-electron chi connectivity index (χ4n) is 2.16. The van der Waals surface area contributed by atoms with Crippen LogP contribution in [0.3, 0.4) is 0 Å². The molecule has 8 heteroatoms. The van der Waals surface area contributed by atoms with Gasteiger partial charge in [-0.15, -0.1) is 0 Å². The van der Waals surface area contributed by atoms with Gasteiger partial charge in [-0.05, 0) is 18.6 Å². The number of nitrogens with zero attached hydrogens (tertiary/aromatic N) is 1. The number of rotatable bonds is 4. The minimum atomic E-state index is -3.07. The molecule has 1 aliphatic heterocycles. The number of aliphatic hydroxyl groups is 1. The molecule has 5 nitrogen and oxygen atoms in total. The van der Waals surface area contributed by atoms with Crippen molar-refractivity contribution in [2.24, 2.45) is 5.92 Å². The Hall–Kier alpha value is -1.96. The first-order chi connectivity index (χ1) is 9.99. The van der Waals surface area contributed by atoms with E-state index in [1.165, 1.54) is 4.90 Å². The molecule has 0 bridgehead atoms. The summed E-state index contributed by atoms with van der Waals surface area (Å²) >= 11 is 0. The van der Waals surface area contributed by atoms with Crippen LogP contribution in [-0.2, 0) is 0 Å². The van der Waals surface area contributed by atoms with E-state index in [0.29, 0.717) is 19.5 Å². The molecular weight excluding hydrogens is 289 g/mol. The van der Waals surface area contributed by atoms with Gasteiger partial charge in [0.05, 0.1) is 5.69 Å². The number of likely N-dealkylation sites (tertiary alicyclic amines) is 1. The number of ether oxygens (including phenoxy) is 1. The SMILES string of the molecule is O=C(Nc1cc(F)ccc1OC(F)F)N1CCC(CO)C1. The number of carbonyl (C=O) groups excluding carboxylic acids is 1. The highest BCUT2D eigenvalue weighted by molar-refractivity contribution is 5.91. The number of carbonyl (C=O) groups is 1. The van der Waals surface area contributed by atoms with E-state index >= 15 is 0 Å². The molecule has 1 aromatic carbocycles. The zero-order valence-corrected chi connectivity index (χ0v) is 11.1. The van der Waals surface area contributed by atoms with Gasteiger partial charge in [0.25, 0.3) is 0 Å². The van der Waals surface area contributed by atoms with E-state index in [-0.39, 0.29) is 24.0 Å². The zero-order valence-electron chi connectivity index (χ0n) is 11.1. The normalized spacial score (nSPS) is 18.1. The second kappa shape index (κ2) is 6.66. The Labute approximate surface area is 119 Å². The predicted octanol–water partition coefficient (Wildman–Crippen LogP) is 2.27. The van der Waals surface area contributed by atoms with Gasteiger partial charge in [-0.25, -0.2) is 9.18 Å². The van der Waals surface area contributed by atoms with Gasteiger partial charge in [0.15, 0.2) is 0 Å². The lowest BCUT2D eigenvalue weighted by Gasteiger charge is -2.18. The van der Waals surface area contributed by atoms with Gasteiger partial charge in [0.1, 0.15) is 11.6 Å². The fraction of sp³-hybridized carbons (Fsp3) is 0.462. The van der Waals surface area contributed by atoms with Crippen LogP contribution in [0.2, 0.25) is 0 Å². The maximum absolute atomic E-state index is 13.2. The van der Waals surface area contributed by atoms with Crippen LogP contribution in [0.4, 0.5) is 23.7 Å². The van der Waals surface area contributed by atoms with E-state index in [0.717, 1.165) is 18.2 Å². The van der Waals surface area contributed by atoms with E-state index in [4.69, 9.17) is 5.11 Å². The summed E-state index contributed by atoms with van der Waals surface area (Å²) < 4.78 is 42.0. The monoisotopic (exact) mass is 304 g/mol. The van der Waals surface area contributed by atoms with Gasteiger partial charge < -0.3 is 20.1 Å². The molecule has 1 atom stereocenters. The predicted molar refractivity (Wildman–Crippen MR) is 68.8 cm³/mol. The van der Waals surface area contributed by atoms with E-state index in [9.17, 15) is 18.0 Å². The van der Waals surface area contributed by atoms with E-state index in [1.54, 1.807) is 0 Å². The average molecular weight is 304 g/mol. The molecular formula is C13H15F3N2O3. The first kappa shape index (κ1) is 15.4. The Morgan fingerprint density at radius 1 is 1.52 bits per heavy atom. The third kappa shape index (κ3) is 4.01. The molecule has 0 spiro atoms. The van der Waals surface area contributed by atoms with Crippen molar-refractivity contribution in [2.75, 3.05) is 25.0 Å². The number of amides is 2. The summed E-state index contributed by atoms with van der Waals surface area (Å²) in [6.07, 6.45) is 0.660. The smallest absolute Gasteiger partial charge is 0.387 e. The van der Waals surface area contributed by atoms with Crippen molar-refractivity contribution < 1.29 is 27.8 Å². The van der Waals surface area contributed by atoms with Crippen LogP contribution in [0.15, 0.2) is 18.2 Å². The van der Waals surface area contributed by atoms with Gasteiger partial charge in [0, 0.05) is 31.7 Å². The van der Waals surface area contributed by atoms with Crippen molar-refractivity contribution in [2.45, 2.75) is 13.0 Å². The first-order valence-electron chi connectivity index (χ1n) is 6.40. The average Bonchev–Trinajstić information content (AvgIpc) is 2.90. The standard InChI is InChI=1S/C13H15F3N2O3/c14-9-1-2-11(21-12(15)16)10(5-9)17-13(20)18-4-3-8(6-18)7-19/h1-2,5,8,12,19H,3-4,6-7H2,(H,17,20). The summed E-state index contributed by atoms with van der Waals surface area (Å²) in [6, 6.07) is 2.35. The summed E-state index contributed by atoms with van der Waals surface area (Å²) in [6.45, 7) is -2.29. The highest BCUT2D eigenvalue weighted by Crippen LogP contribution is 2.28. The number of nitrogens with one attached hydrogen (secondary N) is 1. The molecule has 1 heterocycles. The van der Waals surface area contributed by atoms with E-state index in [1.807, 2.05) is 0 Å². The summed E-state index contributed by atoms with van der Waals surface area (Å²) in [5.74, 6) is -0.987. The lowest BCUT2D eigenvalue weighted by atomic mass is 10.1. The van der Waals surface area contributed by atoms with Crippen LogP contribution in [-0.4, -0.2) is 42.3 Å². The van der Waals surface area contributed by atoms with Crippen LogP contribution in [0.5, 0.6) is 5.75 Å². The Morgan fingerprint density at radius 3 is 2.90 bits per heavy atom. The van der Waals surface area contributed by atoms with Crippen molar-refractivity contribution in [3.63, 3.8) is 0 Å². The van der Waals surface area contributed by atoms with Gasteiger partial charge in [-0.1, -0.05) is 0 Å². The third-order valence-corrected chi connectivity index (χ3v) is 3.23. The van der Waals surface area contributed by atoms with Crippen molar-refractivity contribution in [3.8, 4) is 5.75 Å². The third-order valence-electron chi connectivity index (χ3n) is 3.23. The van der Waals surface area contributed by atoms with Crippen LogP contribution < -0.4 is 10.1 Å². The van der Waals surface area contributed by atoms with Crippen molar-refractivity contribution in [3.05, 3.63) is 24.0 Å². The van der Waals surface area contributed by atoms with Gasteiger partial charge in [-0.2, -0.15) is 8.78 Å². The topological polar surface area (TPSA) is 61.8 Å².